The molecule has 1 aliphatic rings. The van der Waals surface area contributed by atoms with E-state index in [9.17, 15) is 4.79 Å². The van der Waals surface area contributed by atoms with Crippen LogP contribution < -0.4 is 11.1 Å². The minimum absolute atomic E-state index is 0.0292. The van der Waals surface area contributed by atoms with E-state index in [2.05, 4.69) is 22.1 Å². The Morgan fingerprint density at radius 2 is 2.38 bits per heavy atom. The second kappa shape index (κ2) is 7.31. The number of thiazole rings is 1. The van der Waals surface area contributed by atoms with Crippen molar-refractivity contribution in [3.63, 3.8) is 0 Å². The zero-order chi connectivity index (χ0) is 15.4. The molecule has 2 atom stereocenters. The van der Waals surface area contributed by atoms with Crippen LogP contribution in [0.5, 0.6) is 0 Å². The van der Waals surface area contributed by atoms with Crippen LogP contribution in [0.25, 0.3) is 0 Å². The Morgan fingerprint density at radius 3 is 3.05 bits per heavy atom. The van der Waals surface area contributed by atoms with Crippen molar-refractivity contribution in [1.29, 1.82) is 0 Å². The van der Waals surface area contributed by atoms with Gasteiger partial charge in [0.05, 0.1) is 6.54 Å². The molecular formula is C14H25N5OS. The van der Waals surface area contributed by atoms with E-state index >= 15 is 0 Å². The molecule has 0 aliphatic carbocycles. The van der Waals surface area contributed by atoms with E-state index in [-0.39, 0.29) is 5.91 Å². The highest BCUT2D eigenvalue weighted by Crippen LogP contribution is 2.22. The molecule has 2 heterocycles. The van der Waals surface area contributed by atoms with Crippen molar-refractivity contribution in [2.24, 2.45) is 11.7 Å². The van der Waals surface area contributed by atoms with E-state index in [1.54, 1.807) is 11.3 Å². The summed E-state index contributed by atoms with van der Waals surface area (Å²) in [4.78, 5) is 21.4. The second-order valence-electron chi connectivity index (χ2n) is 6.08. The molecule has 118 valence electrons. The van der Waals surface area contributed by atoms with Crippen molar-refractivity contribution >= 4 is 22.4 Å². The summed E-state index contributed by atoms with van der Waals surface area (Å²) in [6, 6.07) is 0.323. The van der Waals surface area contributed by atoms with Gasteiger partial charge in [0, 0.05) is 36.8 Å². The molecule has 1 amide bonds. The Hall–Kier alpha value is -1.02. The van der Waals surface area contributed by atoms with Crippen LogP contribution >= 0.6 is 11.3 Å². The van der Waals surface area contributed by atoms with E-state index in [4.69, 9.17) is 5.73 Å². The van der Waals surface area contributed by atoms with E-state index in [1.807, 2.05) is 25.2 Å². The molecule has 1 aromatic heterocycles. The summed E-state index contributed by atoms with van der Waals surface area (Å²) in [5.74, 6) is 0.504. The number of anilines is 1. The summed E-state index contributed by atoms with van der Waals surface area (Å²) in [5, 5.41) is 3.51. The molecule has 0 aromatic carbocycles. The zero-order valence-corrected chi connectivity index (χ0v) is 13.8. The van der Waals surface area contributed by atoms with Gasteiger partial charge >= 0.3 is 0 Å². The fourth-order valence-corrected chi connectivity index (χ4v) is 3.37. The molecule has 0 bridgehead atoms. The average molecular weight is 311 g/mol. The SMILES string of the molecule is CC1CN(Cc2cnc(NC(=O)CN(C)C)s2)CCC1N. The van der Waals surface area contributed by atoms with Crippen molar-refractivity contribution < 1.29 is 4.79 Å². The van der Waals surface area contributed by atoms with Crippen molar-refractivity contribution in [2.45, 2.75) is 25.9 Å². The fourth-order valence-electron chi connectivity index (χ4n) is 2.50. The molecule has 1 saturated heterocycles. The molecule has 2 rings (SSSR count). The first-order valence-corrected chi connectivity index (χ1v) is 8.13. The molecule has 0 spiro atoms. The minimum atomic E-state index is -0.0292. The smallest absolute Gasteiger partial charge is 0.240 e. The van der Waals surface area contributed by atoms with Crippen LogP contribution in [0.2, 0.25) is 0 Å². The summed E-state index contributed by atoms with van der Waals surface area (Å²) < 4.78 is 0. The van der Waals surface area contributed by atoms with Gasteiger partial charge in [0.1, 0.15) is 0 Å². The maximum atomic E-state index is 11.7. The van der Waals surface area contributed by atoms with Crippen LogP contribution in [-0.2, 0) is 11.3 Å². The predicted molar refractivity (Wildman–Crippen MR) is 86.3 cm³/mol. The van der Waals surface area contributed by atoms with Crippen molar-refractivity contribution in [3.05, 3.63) is 11.1 Å². The molecular weight excluding hydrogens is 286 g/mol. The Bertz CT molecular complexity index is 476. The first-order valence-electron chi connectivity index (χ1n) is 7.31. The van der Waals surface area contributed by atoms with Crippen LogP contribution in [0.3, 0.4) is 0 Å². The Labute approximate surface area is 130 Å². The molecule has 1 fully saturated rings. The Kier molecular flexibility index (Phi) is 5.69. The van der Waals surface area contributed by atoms with Crippen molar-refractivity contribution in [2.75, 3.05) is 39.0 Å². The van der Waals surface area contributed by atoms with E-state index < -0.39 is 0 Å². The number of carbonyl (C=O) groups excluding carboxylic acids is 1. The lowest BCUT2D eigenvalue weighted by Gasteiger charge is -2.34. The van der Waals surface area contributed by atoms with Gasteiger partial charge < -0.3 is 16.0 Å². The number of nitrogens with zero attached hydrogens (tertiary/aromatic N) is 3. The quantitative estimate of drug-likeness (QED) is 0.842. The number of nitrogens with two attached hydrogens (primary N) is 1. The highest BCUT2D eigenvalue weighted by Gasteiger charge is 2.23. The van der Waals surface area contributed by atoms with Gasteiger partial charge in [-0.3, -0.25) is 9.69 Å². The summed E-state index contributed by atoms with van der Waals surface area (Å²) in [6.45, 7) is 5.53. The lowest BCUT2D eigenvalue weighted by Crippen LogP contribution is -2.45. The van der Waals surface area contributed by atoms with Gasteiger partial charge in [-0.05, 0) is 26.4 Å². The topological polar surface area (TPSA) is 74.5 Å². The number of hydrogen-bond acceptors (Lipinski definition) is 6. The van der Waals surface area contributed by atoms with Gasteiger partial charge in [0.25, 0.3) is 0 Å². The van der Waals surface area contributed by atoms with E-state index in [1.165, 1.54) is 4.88 Å². The van der Waals surface area contributed by atoms with Crippen LogP contribution in [0.1, 0.15) is 18.2 Å². The Balaban J connectivity index is 1.84. The first kappa shape index (κ1) is 16.4. The molecule has 0 radical (unpaired) electrons. The summed E-state index contributed by atoms with van der Waals surface area (Å²) in [6.07, 6.45) is 2.90. The Morgan fingerprint density at radius 1 is 1.62 bits per heavy atom. The number of carbonyl (C=O) groups is 1. The first-order chi connectivity index (χ1) is 9.94. The highest BCUT2D eigenvalue weighted by molar-refractivity contribution is 7.15. The number of nitrogens with one attached hydrogen (secondary N) is 1. The molecule has 1 aliphatic heterocycles. The normalized spacial score (nSPS) is 23.5. The number of aromatic nitrogens is 1. The predicted octanol–water partition coefficient (Wildman–Crippen LogP) is 0.812. The van der Waals surface area contributed by atoms with Crippen LogP contribution in [0, 0.1) is 5.92 Å². The summed E-state index contributed by atoms with van der Waals surface area (Å²) >= 11 is 1.55. The van der Waals surface area contributed by atoms with Crippen LogP contribution in [-0.4, -0.2) is 60.5 Å². The number of likely N-dealkylation sites (N-methyl/N-ethyl adjacent to an activating group) is 1. The third-order valence-electron chi connectivity index (χ3n) is 3.69. The van der Waals surface area contributed by atoms with Crippen molar-refractivity contribution in [1.82, 2.24) is 14.8 Å². The van der Waals surface area contributed by atoms with Gasteiger partial charge in [-0.25, -0.2) is 4.98 Å². The highest BCUT2D eigenvalue weighted by atomic mass is 32.1. The molecule has 3 N–H and O–H groups in total. The number of hydrogen-bond donors (Lipinski definition) is 2. The molecule has 0 saturated carbocycles. The summed E-state index contributed by atoms with van der Waals surface area (Å²) in [5.41, 5.74) is 6.04. The lowest BCUT2D eigenvalue weighted by atomic mass is 9.95. The van der Waals surface area contributed by atoms with Gasteiger partial charge in [0.2, 0.25) is 5.91 Å². The van der Waals surface area contributed by atoms with Crippen molar-refractivity contribution in [3.8, 4) is 0 Å². The molecule has 7 heteroatoms. The van der Waals surface area contributed by atoms with Gasteiger partial charge in [-0.1, -0.05) is 6.92 Å². The third-order valence-corrected chi connectivity index (χ3v) is 4.59. The largest absolute Gasteiger partial charge is 0.327 e. The fraction of sp³-hybridized carbons (Fsp3) is 0.714. The third kappa shape index (κ3) is 5.03. The number of rotatable bonds is 5. The van der Waals surface area contributed by atoms with E-state index in [0.717, 1.165) is 26.1 Å². The monoisotopic (exact) mass is 311 g/mol. The van der Waals surface area contributed by atoms with Gasteiger partial charge in [-0.2, -0.15) is 0 Å². The maximum Gasteiger partial charge on any atom is 0.240 e. The molecule has 2 unspecified atom stereocenters. The number of piperidine rings is 1. The summed E-state index contributed by atoms with van der Waals surface area (Å²) in [7, 11) is 3.74. The second-order valence-corrected chi connectivity index (χ2v) is 7.20. The number of likely N-dealkylation sites (tertiary alicyclic amines) is 1. The molecule has 6 nitrogen and oxygen atoms in total. The number of amides is 1. The average Bonchev–Trinajstić information content (AvgIpc) is 2.80. The molecule has 1 aromatic rings. The van der Waals surface area contributed by atoms with Gasteiger partial charge in [-0.15, -0.1) is 11.3 Å². The van der Waals surface area contributed by atoms with E-state index in [0.29, 0.717) is 23.6 Å². The zero-order valence-electron chi connectivity index (χ0n) is 13.0. The standard InChI is InChI=1S/C14H25N5OS/c1-10-7-19(5-4-12(10)15)8-11-6-16-14(21-11)17-13(20)9-18(2)3/h6,10,12H,4-5,7-9,15H2,1-3H3,(H,16,17,20). The maximum absolute atomic E-state index is 11.7. The van der Waals surface area contributed by atoms with Crippen LogP contribution in [0.4, 0.5) is 5.13 Å². The minimum Gasteiger partial charge on any atom is -0.327 e. The van der Waals surface area contributed by atoms with Crippen LogP contribution in [0.15, 0.2) is 6.20 Å². The molecule has 21 heavy (non-hydrogen) atoms. The lowest BCUT2D eigenvalue weighted by molar-refractivity contribution is -0.116. The van der Waals surface area contributed by atoms with Gasteiger partial charge in [0.15, 0.2) is 5.13 Å².